The van der Waals surface area contributed by atoms with E-state index in [0.717, 1.165) is 11.1 Å². The zero-order chi connectivity index (χ0) is 13.3. The molecule has 1 aromatic carbocycles. The fourth-order valence-corrected chi connectivity index (χ4v) is 1.81. The number of rotatable bonds is 1. The summed E-state index contributed by atoms with van der Waals surface area (Å²) < 4.78 is 0. The van der Waals surface area contributed by atoms with E-state index >= 15 is 0 Å². The van der Waals surface area contributed by atoms with Gasteiger partial charge in [0.15, 0.2) is 5.82 Å². The third-order valence-electron chi connectivity index (χ3n) is 3.02. The Bertz CT molecular complexity index is 654. The average Bonchev–Trinajstić information content (AvgIpc) is 2.33. The summed E-state index contributed by atoms with van der Waals surface area (Å²) in [5.41, 5.74) is 10.5. The van der Waals surface area contributed by atoms with Crippen LogP contribution in [-0.4, -0.2) is 9.97 Å². The van der Waals surface area contributed by atoms with E-state index in [2.05, 4.69) is 23.0 Å². The van der Waals surface area contributed by atoms with Gasteiger partial charge in [-0.1, -0.05) is 6.07 Å². The zero-order valence-electron chi connectivity index (χ0n) is 10.7. The van der Waals surface area contributed by atoms with Gasteiger partial charge in [0.25, 0.3) is 0 Å². The monoisotopic (exact) mass is 238 g/mol. The minimum atomic E-state index is 0.222. The Kier molecular flexibility index (Phi) is 2.99. The highest BCUT2D eigenvalue weighted by Gasteiger charge is 2.09. The Hall–Kier alpha value is -2.41. The molecule has 2 rings (SSSR count). The van der Waals surface area contributed by atoms with E-state index in [0.29, 0.717) is 11.4 Å². The van der Waals surface area contributed by atoms with E-state index in [-0.39, 0.29) is 5.82 Å². The highest BCUT2D eigenvalue weighted by molar-refractivity contribution is 5.64. The van der Waals surface area contributed by atoms with Gasteiger partial charge in [0, 0.05) is 5.56 Å². The lowest BCUT2D eigenvalue weighted by Gasteiger charge is -2.09. The van der Waals surface area contributed by atoms with E-state index in [9.17, 15) is 0 Å². The second kappa shape index (κ2) is 4.46. The number of aromatic nitrogens is 2. The van der Waals surface area contributed by atoms with E-state index in [1.54, 1.807) is 0 Å². The maximum atomic E-state index is 8.80. The van der Waals surface area contributed by atoms with E-state index in [4.69, 9.17) is 11.0 Å². The van der Waals surface area contributed by atoms with Crippen LogP contribution in [0.15, 0.2) is 18.3 Å². The second-order valence-corrected chi connectivity index (χ2v) is 4.36. The molecular weight excluding hydrogens is 224 g/mol. The van der Waals surface area contributed by atoms with Gasteiger partial charge >= 0.3 is 0 Å². The number of benzene rings is 1. The van der Waals surface area contributed by atoms with Gasteiger partial charge in [-0.15, -0.1) is 0 Å². The van der Waals surface area contributed by atoms with Crippen LogP contribution in [0.1, 0.15) is 22.3 Å². The second-order valence-electron chi connectivity index (χ2n) is 4.36. The number of nitriles is 1. The van der Waals surface area contributed by atoms with E-state index in [1.807, 2.05) is 26.0 Å². The van der Waals surface area contributed by atoms with Crippen molar-refractivity contribution in [1.82, 2.24) is 9.97 Å². The summed E-state index contributed by atoms with van der Waals surface area (Å²) in [4.78, 5) is 8.39. The SMILES string of the molecule is Cc1cc(C)c(-c2ncc(C#N)c(N)n2)cc1C. The van der Waals surface area contributed by atoms with Crippen molar-refractivity contribution in [1.29, 1.82) is 5.26 Å². The summed E-state index contributed by atoms with van der Waals surface area (Å²) in [6.45, 7) is 6.13. The molecule has 1 heterocycles. The molecular formula is C14H14N4. The number of nitrogens with zero attached hydrogens (tertiary/aromatic N) is 3. The van der Waals surface area contributed by atoms with Crippen LogP contribution >= 0.6 is 0 Å². The standard InChI is InChI=1S/C14H14N4/c1-8-4-10(3)12(5-9(8)2)14-17-7-11(6-15)13(16)18-14/h4-5,7H,1-3H3,(H2,16,17,18). The van der Waals surface area contributed by atoms with Gasteiger partial charge in [0.2, 0.25) is 0 Å². The summed E-state index contributed by atoms with van der Waals surface area (Å²) in [6.07, 6.45) is 1.46. The van der Waals surface area contributed by atoms with Crippen LogP contribution in [0, 0.1) is 32.1 Å². The topological polar surface area (TPSA) is 75.6 Å². The fourth-order valence-electron chi connectivity index (χ4n) is 1.81. The van der Waals surface area contributed by atoms with E-state index in [1.165, 1.54) is 17.3 Å². The molecule has 0 saturated carbocycles. The number of nitrogen functional groups attached to an aromatic ring is 1. The Balaban J connectivity index is 2.60. The van der Waals surface area contributed by atoms with Gasteiger partial charge in [-0.25, -0.2) is 9.97 Å². The molecule has 0 atom stereocenters. The molecule has 0 radical (unpaired) electrons. The first-order valence-corrected chi connectivity index (χ1v) is 5.63. The highest BCUT2D eigenvalue weighted by atomic mass is 14.9. The van der Waals surface area contributed by atoms with Crippen molar-refractivity contribution in [2.45, 2.75) is 20.8 Å². The van der Waals surface area contributed by atoms with Crippen LogP contribution in [0.25, 0.3) is 11.4 Å². The third-order valence-corrected chi connectivity index (χ3v) is 3.02. The van der Waals surface area contributed by atoms with Crippen molar-refractivity contribution in [2.75, 3.05) is 5.73 Å². The fraction of sp³-hybridized carbons (Fsp3) is 0.214. The molecule has 0 saturated heterocycles. The smallest absolute Gasteiger partial charge is 0.161 e. The van der Waals surface area contributed by atoms with Crippen LogP contribution < -0.4 is 5.73 Å². The quantitative estimate of drug-likeness (QED) is 0.828. The number of nitrogens with two attached hydrogens (primary N) is 1. The summed E-state index contributed by atoms with van der Waals surface area (Å²) in [5, 5.41) is 8.80. The first-order valence-electron chi connectivity index (χ1n) is 5.63. The summed E-state index contributed by atoms with van der Waals surface area (Å²) in [6, 6.07) is 6.11. The molecule has 0 unspecified atom stereocenters. The highest BCUT2D eigenvalue weighted by Crippen LogP contribution is 2.24. The van der Waals surface area contributed by atoms with Crippen LogP contribution in [0.4, 0.5) is 5.82 Å². The largest absolute Gasteiger partial charge is 0.382 e. The van der Waals surface area contributed by atoms with Gasteiger partial charge in [-0.2, -0.15) is 5.26 Å². The molecule has 4 nitrogen and oxygen atoms in total. The van der Waals surface area contributed by atoms with Gasteiger partial charge < -0.3 is 5.73 Å². The predicted molar refractivity (Wildman–Crippen MR) is 70.8 cm³/mol. The maximum absolute atomic E-state index is 8.80. The molecule has 2 aromatic rings. The predicted octanol–water partition coefficient (Wildman–Crippen LogP) is 2.52. The van der Waals surface area contributed by atoms with Crippen molar-refractivity contribution in [2.24, 2.45) is 0 Å². The number of aryl methyl sites for hydroxylation is 3. The van der Waals surface area contributed by atoms with Gasteiger partial charge in [0.05, 0.1) is 6.20 Å². The van der Waals surface area contributed by atoms with Crippen LogP contribution in [0.2, 0.25) is 0 Å². The Labute approximate surface area is 106 Å². The van der Waals surface area contributed by atoms with E-state index < -0.39 is 0 Å². The molecule has 90 valence electrons. The Morgan fingerprint density at radius 1 is 1.11 bits per heavy atom. The molecule has 0 bridgehead atoms. The number of hydrogen-bond donors (Lipinski definition) is 1. The average molecular weight is 238 g/mol. The molecule has 0 spiro atoms. The lowest BCUT2D eigenvalue weighted by atomic mass is 10.0. The molecule has 4 heteroatoms. The summed E-state index contributed by atoms with van der Waals surface area (Å²) in [5.74, 6) is 0.784. The Morgan fingerprint density at radius 2 is 1.78 bits per heavy atom. The molecule has 2 N–H and O–H groups in total. The number of hydrogen-bond acceptors (Lipinski definition) is 4. The molecule has 0 amide bonds. The molecule has 0 aliphatic carbocycles. The van der Waals surface area contributed by atoms with Gasteiger partial charge in [-0.3, -0.25) is 0 Å². The third kappa shape index (κ3) is 2.03. The summed E-state index contributed by atoms with van der Waals surface area (Å²) in [7, 11) is 0. The molecule has 1 aromatic heterocycles. The molecule has 0 fully saturated rings. The van der Waals surface area contributed by atoms with Crippen molar-refractivity contribution in [3.63, 3.8) is 0 Å². The lowest BCUT2D eigenvalue weighted by molar-refractivity contribution is 1.15. The van der Waals surface area contributed by atoms with Crippen molar-refractivity contribution in [3.05, 3.63) is 40.6 Å². The van der Waals surface area contributed by atoms with Crippen LogP contribution in [0.3, 0.4) is 0 Å². The normalized spacial score (nSPS) is 10.1. The van der Waals surface area contributed by atoms with Crippen LogP contribution in [-0.2, 0) is 0 Å². The Morgan fingerprint density at radius 3 is 2.39 bits per heavy atom. The van der Waals surface area contributed by atoms with Crippen molar-refractivity contribution < 1.29 is 0 Å². The first-order chi connectivity index (χ1) is 8.52. The minimum Gasteiger partial charge on any atom is -0.382 e. The van der Waals surface area contributed by atoms with Crippen molar-refractivity contribution >= 4 is 5.82 Å². The lowest BCUT2D eigenvalue weighted by Crippen LogP contribution is -2.00. The van der Waals surface area contributed by atoms with Gasteiger partial charge in [-0.05, 0) is 43.5 Å². The van der Waals surface area contributed by atoms with Crippen LogP contribution in [0.5, 0.6) is 0 Å². The maximum Gasteiger partial charge on any atom is 0.161 e. The molecule has 0 aliphatic heterocycles. The molecule has 18 heavy (non-hydrogen) atoms. The minimum absolute atomic E-state index is 0.222. The number of anilines is 1. The van der Waals surface area contributed by atoms with Gasteiger partial charge in [0.1, 0.15) is 17.5 Å². The summed E-state index contributed by atoms with van der Waals surface area (Å²) >= 11 is 0. The van der Waals surface area contributed by atoms with Crippen molar-refractivity contribution in [3.8, 4) is 17.5 Å². The molecule has 0 aliphatic rings. The first kappa shape index (κ1) is 12.1. The zero-order valence-corrected chi connectivity index (χ0v) is 10.7.